The fourth-order valence-electron chi connectivity index (χ4n) is 3.59. The quantitative estimate of drug-likeness (QED) is 0.921. The molecule has 0 aliphatic carbocycles. The van der Waals surface area contributed by atoms with Crippen LogP contribution in [0.25, 0.3) is 0 Å². The first kappa shape index (κ1) is 14.0. The maximum atomic E-state index is 6.16. The Kier molecular flexibility index (Phi) is 4.08. The first-order valence-electron chi connectivity index (χ1n) is 7.61. The van der Waals surface area contributed by atoms with E-state index >= 15 is 0 Å². The molecule has 0 radical (unpaired) electrons. The number of nitrogens with one attached hydrogen (secondary N) is 1. The monoisotopic (exact) mass is 293 g/mol. The Morgan fingerprint density at radius 2 is 2.10 bits per heavy atom. The summed E-state index contributed by atoms with van der Waals surface area (Å²) in [6, 6.07) is 7.48. The Labute approximate surface area is 126 Å². The first-order valence-corrected chi connectivity index (χ1v) is 7.99. The number of nitrogens with zero attached hydrogens (tertiary/aromatic N) is 2. The molecule has 0 saturated carbocycles. The summed E-state index contributed by atoms with van der Waals surface area (Å²) in [6.07, 6.45) is 5.24. The summed E-state index contributed by atoms with van der Waals surface area (Å²) in [6.45, 7) is 2.54. The van der Waals surface area contributed by atoms with E-state index in [9.17, 15) is 0 Å². The van der Waals surface area contributed by atoms with Gasteiger partial charge in [-0.15, -0.1) is 0 Å². The van der Waals surface area contributed by atoms with Gasteiger partial charge in [0.05, 0.1) is 11.4 Å². The van der Waals surface area contributed by atoms with Crippen LogP contribution < -0.4 is 10.2 Å². The van der Waals surface area contributed by atoms with Gasteiger partial charge in [-0.2, -0.15) is 0 Å². The Balaban J connectivity index is 1.72. The van der Waals surface area contributed by atoms with Crippen molar-refractivity contribution in [3.63, 3.8) is 0 Å². The van der Waals surface area contributed by atoms with Crippen LogP contribution >= 0.6 is 11.6 Å². The summed E-state index contributed by atoms with van der Waals surface area (Å²) < 4.78 is 0. The molecule has 3 nitrogen and oxygen atoms in total. The fourth-order valence-corrected chi connectivity index (χ4v) is 3.76. The van der Waals surface area contributed by atoms with Crippen LogP contribution in [-0.2, 0) is 0 Å². The molecule has 20 heavy (non-hydrogen) atoms. The number of piperidine rings is 1. The Morgan fingerprint density at radius 1 is 1.25 bits per heavy atom. The third-order valence-corrected chi connectivity index (χ3v) is 4.86. The maximum absolute atomic E-state index is 6.16. The van der Waals surface area contributed by atoms with Crippen LogP contribution in [0.1, 0.15) is 25.7 Å². The van der Waals surface area contributed by atoms with E-state index in [1.807, 2.05) is 6.07 Å². The molecule has 4 heteroatoms. The first-order chi connectivity index (χ1) is 9.63. The van der Waals surface area contributed by atoms with Gasteiger partial charge in [-0.25, -0.2) is 0 Å². The van der Waals surface area contributed by atoms with Crippen molar-refractivity contribution >= 4 is 23.0 Å². The highest BCUT2D eigenvalue weighted by Crippen LogP contribution is 2.32. The van der Waals surface area contributed by atoms with E-state index in [2.05, 4.69) is 41.3 Å². The minimum absolute atomic E-state index is 0.575. The highest BCUT2D eigenvalue weighted by atomic mass is 35.5. The average molecular weight is 294 g/mol. The molecular formula is C16H24ClN3. The second-order valence-corrected chi connectivity index (χ2v) is 6.69. The standard InChI is InChI=1S/C16H24ClN3/c1-19(2)16-6-5-12(17)10-15(16)18-13-7-9-20-8-3-4-14(20)11-13/h5-6,10,13-14,18H,3-4,7-9,11H2,1-2H3. The van der Waals surface area contributed by atoms with E-state index in [0.717, 1.165) is 11.1 Å². The van der Waals surface area contributed by atoms with E-state index in [1.54, 1.807) is 0 Å². The second kappa shape index (κ2) is 5.82. The highest BCUT2D eigenvalue weighted by Gasteiger charge is 2.31. The number of halogens is 1. The van der Waals surface area contributed by atoms with Crippen molar-refractivity contribution in [2.45, 2.75) is 37.8 Å². The van der Waals surface area contributed by atoms with Crippen LogP contribution in [0.3, 0.4) is 0 Å². The van der Waals surface area contributed by atoms with E-state index in [4.69, 9.17) is 11.6 Å². The van der Waals surface area contributed by atoms with Crippen LogP contribution in [0.5, 0.6) is 0 Å². The molecule has 0 spiro atoms. The predicted octanol–water partition coefficient (Wildman–Crippen LogP) is 3.44. The van der Waals surface area contributed by atoms with Crippen molar-refractivity contribution in [1.82, 2.24) is 4.90 Å². The number of hydrogen-bond acceptors (Lipinski definition) is 3. The van der Waals surface area contributed by atoms with Gasteiger partial charge < -0.3 is 15.1 Å². The molecule has 3 rings (SSSR count). The van der Waals surface area contributed by atoms with Crippen LogP contribution in [-0.4, -0.2) is 44.2 Å². The van der Waals surface area contributed by atoms with Crippen molar-refractivity contribution in [2.75, 3.05) is 37.4 Å². The SMILES string of the molecule is CN(C)c1ccc(Cl)cc1NC1CCN2CCCC2C1. The Morgan fingerprint density at radius 3 is 2.90 bits per heavy atom. The fraction of sp³-hybridized carbons (Fsp3) is 0.625. The number of anilines is 2. The van der Waals surface area contributed by atoms with Crippen LogP contribution in [0.4, 0.5) is 11.4 Å². The van der Waals surface area contributed by atoms with Crippen molar-refractivity contribution in [3.8, 4) is 0 Å². The maximum Gasteiger partial charge on any atom is 0.0597 e. The largest absolute Gasteiger partial charge is 0.380 e. The van der Waals surface area contributed by atoms with Gasteiger partial charge in [-0.1, -0.05) is 11.6 Å². The number of hydrogen-bond donors (Lipinski definition) is 1. The van der Waals surface area contributed by atoms with Gasteiger partial charge in [-0.3, -0.25) is 0 Å². The molecule has 0 aromatic heterocycles. The number of rotatable bonds is 3. The van der Waals surface area contributed by atoms with Gasteiger partial charge >= 0.3 is 0 Å². The van der Waals surface area contributed by atoms with Crippen molar-refractivity contribution in [1.29, 1.82) is 0 Å². The molecule has 1 aromatic rings. The zero-order chi connectivity index (χ0) is 14.1. The molecule has 0 amide bonds. The lowest BCUT2D eigenvalue weighted by atomic mass is 9.97. The van der Waals surface area contributed by atoms with Crippen molar-refractivity contribution in [3.05, 3.63) is 23.2 Å². The van der Waals surface area contributed by atoms with Gasteiger partial charge in [0.15, 0.2) is 0 Å². The van der Waals surface area contributed by atoms with Gasteiger partial charge in [-0.05, 0) is 50.4 Å². The molecule has 2 unspecified atom stereocenters. The number of fused-ring (bicyclic) bond motifs is 1. The van der Waals surface area contributed by atoms with Crippen LogP contribution in [0.2, 0.25) is 5.02 Å². The summed E-state index contributed by atoms with van der Waals surface area (Å²) in [4.78, 5) is 4.80. The predicted molar refractivity (Wildman–Crippen MR) is 87.0 cm³/mol. The average Bonchev–Trinajstić information content (AvgIpc) is 2.85. The lowest BCUT2D eigenvalue weighted by Crippen LogP contribution is -2.42. The van der Waals surface area contributed by atoms with Gasteiger partial charge in [0.1, 0.15) is 0 Å². The zero-order valence-corrected chi connectivity index (χ0v) is 13.2. The third kappa shape index (κ3) is 2.89. The summed E-state index contributed by atoms with van der Waals surface area (Å²) >= 11 is 6.16. The smallest absolute Gasteiger partial charge is 0.0597 e. The topological polar surface area (TPSA) is 18.5 Å². The lowest BCUT2D eigenvalue weighted by molar-refractivity contribution is 0.188. The summed E-state index contributed by atoms with van der Waals surface area (Å²) in [5, 5.41) is 4.53. The molecule has 2 atom stereocenters. The van der Waals surface area contributed by atoms with Gasteiger partial charge in [0, 0.05) is 37.7 Å². The minimum atomic E-state index is 0.575. The molecule has 0 bridgehead atoms. The molecule has 2 fully saturated rings. The van der Waals surface area contributed by atoms with Crippen molar-refractivity contribution < 1.29 is 0 Å². The summed E-state index contributed by atoms with van der Waals surface area (Å²) in [5.41, 5.74) is 2.38. The summed E-state index contributed by atoms with van der Waals surface area (Å²) in [5.74, 6) is 0. The molecular weight excluding hydrogens is 270 g/mol. The molecule has 1 N–H and O–H groups in total. The van der Waals surface area contributed by atoms with E-state index < -0.39 is 0 Å². The normalized spacial score (nSPS) is 26.4. The molecule has 2 aliphatic heterocycles. The van der Waals surface area contributed by atoms with E-state index in [-0.39, 0.29) is 0 Å². The number of benzene rings is 1. The minimum Gasteiger partial charge on any atom is -0.380 e. The molecule has 1 aromatic carbocycles. The third-order valence-electron chi connectivity index (χ3n) is 4.62. The highest BCUT2D eigenvalue weighted by molar-refractivity contribution is 6.31. The Hall–Kier alpha value is -0.930. The Bertz CT molecular complexity index is 475. The zero-order valence-electron chi connectivity index (χ0n) is 12.4. The second-order valence-electron chi connectivity index (χ2n) is 6.25. The van der Waals surface area contributed by atoms with Gasteiger partial charge in [0.2, 0.25) is 0 Å². The van der Waals surface area contributed by atoms with E-state index in [0.29, 0.717) is 6.04 Å². The molecule has 2 heterocycles. The lowest BCUT2D eigenvalue weighted by Gasteiger charge is -2.36. The van der Waals surface area contributed by atoms with Gasteiger partial charge in [0.25, 0.3) is 0 Å². The van der Waals surface area contributed by atoms with Crippen LogP contribution in [0, 0.1) is 0 Å². The molecule has 2 aliphatic rings. The van der Waals surface area contributed by atoms with Crippen molar-refractivity contribution in [2.24, 2.45) is 0 Å². The molecule has 2 saturated heterocycles. The van der Waals surface area contributed by atoms with Crippen LogP contribution in [0.15, 0.2) is 18.2 Å². The summed E-state index contributed by atoms with van der Waals surface area (Å²) in [7, 11) is 4.15. The van der Waals surface area contributed by atoms with E-state index in [1.165, 1.54) is 50.1 Å². The molecule has 110 valence electrons.